The maximum Gasteiger partial charge on any atom is 0.254 e. The van der Waals surface area contributed by atoms with Gasteiger partial charge in [0.2, 0.25) is 0 Å². The highest BCUT2D eigenvalue weighted by Gasteiger charge is 2.26. The number of benzene rings is 1. The average Bonchev–Trinajstić information content (AvgIpc) is 3.23. The van der Waals surface area contributed by atoms with E-state index in [1.807, 2.05) is 19.1 Å². The number of hydrogen-bond acceptors (Lipinski definition) is 3. The Bertz CT molecular complexity index is 1090. The fraction of sp³-hybridized carbons (Fsp3) is 0.333. The van der Waals surface area contributed by atoms with Crippen molar-refractivity contribution in [3.8, 4) is 11.1 Å². The second-order valence-corrected chi connectivity index (χ2v) is 7.77. The molecule has 156 valence electrons. The van der Waals surface area contributed by atoms with Gasteiger partial charge in [-0.05, 0) is 49.1 Å². The van der Waals surface area contributed by atoms with Crippen molar-refractivity contribution in [1.29, 1.82) is 0 Å². The molecule has 2 heterocycles. The summed E-state index contributed by atoms with van der Waals surface area (Å²) in [5.41, 5.74) is 3.13. The molecule has 1 atom stereocenters. The standard InChI is InChI=1S/C24H25FN2O3/c1-3-4-8-26-14-22(20-6-5-7-21(20)24(26)29)17-11-18(13-19(25)12-17)23(28)27-9-10-30-15-16(27)2/h3,5-6,11-14,16H,1,4,7-10,15H2,2H3. The first-order valence-corrected chi connectivity index (χ1v) is 10.2. The molecule has 1 unspecified atom stereocenters. The van der Waals surface area contributed by atoms with Crippen LogP contribution in [0.25, 0.3) is 17.2 Å². The number of rotatable bonds is 5. The maximum absolute atomic E-state index is 14.6. The molecule has 0 radical (unpaired) electrons. The lowest BCUT2D eigenvalue weighted by molar-refractivity contribution is 0.00357. The van der Waals surface area contributed by atoms with Gasteiger partial charge in [0.1, 0.15) is 5.82 Å². The molecule has 2 aliphatic rings. The van der Waals surface area contributed by atoms with Crippen molar-refractivity contribution in [2.24, 2.45) is 0 Å². The summed E-state index contributed by atoms with van der Waals surface area (Å²) in [4.78, 5) is 27.6. The summed E-state index contributed by atoms with van der Waals surface area (Å²) < 4.78 is 21.6. The van der Waals surface area contributed by atoms with Gasteiger partial charge in [0.05, 0.1) is 19.3 Å². The van der Waals surface area contributed by atoms with E-state index in [0.717, 1.165) is 11.1 Å². The fourth-order valence-electron chi connectivity index (χ4n) is 4.11. The van der Waals surface area contributed by atoms with Gasteiger partial charge in [-0.25, -0.2) is 4.39 Å². The number of hydrogen-bond donors (Lipinski definition) is 0. The number of pyridine rings is 1. The highest BCUT2D eigenvalue weighted by molar-refractivity contribution is 5.96. The highest BCUT2D eigenvalue weighted by atomic mass is 19.1. The number of ether oxygens (including phenoxy) is 1. The Hall–Kier alpha value is -2.99. The zero-order chi connectivity index (χ0) is 21.3. The molecule has 5 nitrogen and oxygen atoms in total. The summed E-state index contributed by atoms with van der Waals surface area (Å²) in [7, 11) is 0. The first kappa shape index (κ1) is 20.3. The third-order valence-corrected chi connectivity index (χ3v) is 5.68. The Kier molecular flexibility index (Phi) is 5.68. The van der Waals surface area contributed by atoms with Crippen LogP contribution < -0.4 is 5.56 Å². The van der Waals surface area contributed by atoms with Crippen LogP contribution in [0.2, 0.25) is 0 Å². The Morgan fingerprint density at radius 2 is 2.20 bits per heavy atom. The molecule has 6 heteroatoms. The minimum Gasteiger partial charge on any atom is -0.377 e. The zero-order valence-corrected chi connectivity index (χ0v) is 17.1. The molecule has 0 spiro atoms. The van der Waals surface area contributed by atoms with Crippen molar-refractivity contribution in [2.75, 3.05) is 19.8 Å². The van der Waals surface area contributed by atoms with Gasteiger partial charge in [0, 0.05) is 36.0 Å². The van der Waals surface area contributed by atoms with Crippen LogP contribution >= 0.6 is 0 Å². The summed E-state index contributed by atoms with van der Waals surface area (Å²) in [5.74, 6) is -0.685. The second-order valence-electron chi connectivity index (χ2n) is 7.77. The smallest absolute Gasteiger partial charge is 0.254 e. The van der Waals surface area contributed by atoms with Gasteiger partial charge in [-0.2, -0.15) is 0 Å². The molecule has 1 aliphatic carbocycles. The Labute approximate surface area is 175 Å². The molecule has 30 heavy (non-hydrogen) atoms. The molecular weight excluding hydrogens is 383 g/mol. The van der Waals surface area contributed by atoms with E-state index >= 15 is 0 Å². The van der Waals surface area contributed by atoms with Crippen molar-refractivity contribution in [1.82, 2.24) is 9.47 Å². The van der Waals surface area contributed by atoms with E-state index in [4.69, 9.17) is 4.74 Å². The lowest BCUT2D eigenvalue weighted by Gasteiger charge is -2.33. The maximum atomic E-state index is 14.6. The van der Waals surface area contributed by atoms with Gasteiger partial charge in [-0.15, -0.1) is 6.58 Å². The Morgan fingerprint density at radius 3 is 2.97 bits per heavy atom. The number of carbonyl (C=O) groups excluding carboxylic acids is 1. The van der Waals surface area contributed by atoms with E-state index in [0.29, 0.717) is 55.8 Å². The lowest BCUT2D eigenvalue weighted by Crippen LogP contribution is -2.47. The minimum absolute atomic E-state index is 0.0320. The largest absolute Gasteiger partial charge is 0.377 e. The molecule has 0 bridgehead atoms. The normalized spacial score (nSPS) is 17.8. The van der Waals surface area contributed by atoms with Gasteiger partial charge in [-0.3, -0.25) is 9.59 Å². The number of allylic oxidation sites excluding steroid dienone is 2. The van der Waals surface area contributed by atoms with Crippen molar-refractivity contribution in [2.45, 2.75) is 32.4 Å². The van der Waals surface area contributed by atoms with E-state index < -0.39 is 5.82 Å². The van der Waals surface area contributed by atoms with Crippen LogP contribution in [0.4, 0.5) is 4.39 Å². The van der Waals surface area contributed by atoms with Crippen LogP contribution in [0.3, 0.4) is 0 Å². The quantitative estimate of drug-likeness (QED) is 0.710. The number of halogens is 1. The molecular formula is C24H25FN2O3. The van der Waals surface area contributed by atoms with Crippen LogP contribution in [0.15, 0.2) is 47.9 Å². The van der Waals surface area contributed by atoms with Crippen molar-refractivity contribution in [3.05, 3.63) is 76.0 Å². The van der Waals surface area contributed by atoms with Crippen molar-refractivity contribution in [3.63, 3.8) is 0 Å². The third kappa shape index (κ3) is 3.75. The van der Waals surface area contributed by atoms with Crippen LogP contribution in [0, 0.1) is 5.82 Å². The summed E-state index contributed by atoms with van der Waals surface area (Å²) in [6.45, 7) is 7.59. The molecule has 1 aromatic heterocycles. The lowest BCUT2D eigenvalue weighted by atomic mass is 9.97. The number of aromatic nitrogens is 1. The monoisotopic (exact) mass is 408 g/mol. The van der Waals surface area contributed by atoms with Crippen molar-refractivity contribution >= 4 is 12.0 Å². The van der Waals surface area contributed by atoms with Crippen LogP contribution in [0.5, 0.6) is 0 Å². The molecule has 0 saturated carbocycles. The molecule has 2 aromatic rings. The molecule has 1 aromatic carbocycles. The third-order valence-electron chi connectivity index (χ3n) is 5.68. The SMILES string of the molecule is C=CCCn1cc(-c2cc(F)cc(C(=O)N3CCOCC3C)c2)c2c(c1=O)CC=C2. The number of carbonyl (C=O) groups is 1. The predicted octanol–water partition coefficient (Wildman–Crippen LogP) is 3.66. The van der Waals surface area contributed by atoms with Crippen molar-refractivity contribution < 1.29 is 13.9 Å². The molecule has 4 rings (SSSR count). The molecule has 1 fully saturated rings. The van der Waals surface area contributed by atoms with Gasteiger partial charge in [0.15, 0.2) is 0 Å². The summed E-state index contributed by atoms with van der Waals surface area (Å²) in [6.07, 6.45) is 8.59. The van der Waals surface area contributed by atoms with Crippen LogP contribution in [0.1, 0.15) is 34.8 Å². The van der Waals surface area contributed by atoms with Crippen LogP contribution in [-0.4, -0.2) is 41.2 Å². The number of amides is 1. The highest BCUT2D eigenvalue weighted by Crippen LogP contribution is 2.31. The zero-order valence-electron chi connectivity index (χ0n) is 17.1. The second kappa shape index (κ2) is 8.40. The number of morpholine rings is 1. The number of fused-ring (bicyclic) bond motifs is 1. The first-order valence-electron chi connectivity index (χ1n) is 10.2. The van der Waals surface area contributed by atoms with Crippen LogP contribution in [-0.2, 0) is 17.7 Å². The first-order chi connectivity index (χ1) is 14.5. The van der Waals surface area contributed by atoms with E-state index in [1.54, 1.807) is 27.8 Å². The van der Waals surface area contributed by atoms with Gasteiger partial charge in [-0.1, -0.05) is 18.2 Å². The number of aryl methyl sites for hydroxylation is 1. The van der Waals surface area contributed by atoms with E-state index in [9.17, 15) is 14.0 Å². The summed E-state index contributed by atoms with van der Waals surface area (Å²) >= 11 is 0. The predicted molar refractivity (Wildman–Crippen MR) is 115 cm³/mol. The Balaban J connectivity index is 1.79. The molecule has 0 N–H and O–H groups in total. The molecule has 1 amide bonds. The van der Waals surface area contributed by atoms with E-state index in [-0.39, 0.29) is 17.5 Å². The average molecular weight is 408 g/mol. The Morgan fingerprint density at radius 1 is 1.37 bits per heavy atom. The fourth-order valence-corrected chi connectivity index (χ4v) is 4.11. The van der Waals surface area contributed by atoms with Gasteiger partial charge < -0.3 is 14.2 Å². The topological polar surface area (TPSA) is 51.5 Å². The van der Waals surface area contributed by atoms with Gasteiger partial charge in [0.25, 0.3) is 11.5 Å². The summed E-state index contributed by atoms with van der Waals surface area (Å²) in [5, 5.41) is 0. The van der Waals surface area contributed by atoms with E-state index in [2.05, 4.69) is 6.58 Å². The van der Waals surface area contributed by atoms with E-state index in [1.165, 1.54) is 12.1 Å². The molecule has 1 aliphatic heterocycles. The van der Waals surface area contributed by atoms with Gasteiger partial charge >= 0.3 is 0 Å². The molecule has 1 saturated heterocycles. The minimum atomic E-state index is -0.476. The number of nitrogens with zero attached hydrogens (tertiary/aromatic N) is 2. The summed E-state index contributed by atoms with van der Waals surface area (Å²) in [6, 6.07) is 4.35.